The Morgan fingerprint density at radius 3 is 2.49 bits per heavy atom. The average molecular weight is 574 g/mol. The number of amides is 2. The van der Waals surface area contributed by atoms with Gasteiger partial charge < -0.3 is 9.47 Å². The summed E-state index contributed by atoms with van der Waals surface area (Å²) >= 11 is 4.39. The minimum atomic E-state index is -0.295. The van der Waals surface area contributed by atoms with Gasteiger partial charge in [-0.3, -0.25) is 14.5 Å². The van der Waals surface area contributed by atoms with Crippen LogP contribution in [0.2, 0.25) is 0 Å². The number of fused-ring (bicyclic) bond motifs is 1. The van der Waals surface area contributed by atoms with Gasteiger partial charge in [-0.1, -0.05) is 76.6 Å². The quantitative estimate of drug-likeness (QED) is 0.201. The third-order valence-electron chi connectivity index (χ3n) is 5.95. The summed E-state index contributed by atoms with van der Waals surface area (Å²) in [5, 5.41) is 1.84. The van der Waals surface area contributed by atoms with E-state index < -0.39 is 0 Å². The van der Waals surface area contributed by atoms with E-state index >= 15 is 0 Å². The first-order chi connectivity index (χ1) is 18.0. The Morgan fingerprint density at radius 2 is 1.68 bits per heavy atom. The summed E-state index contributed by atoms with van der Waals surface area (Å²) in [7, 11) is 0. The van der Waals surface area contributed by atoms with Gasteiger partial charge in [0.15, 0.2) is 11.5 Å². The molecule has 0 bridgehead atoms. The molecule has 5 rings (SSSR count). The number of nitrogens with zero attached hydrogens (tertiary/aromatic N) is 1. The molecule has 7 heteroatoms. The van der Waals surface area contributed by atoms with E-state index in [0.29, 0.717) is 29.6 Å². The first kappa shape index (κ1) is 25.1. The molecule has 0 unspecified atom stereocenters. The molecule has 0 atom stereocenters. The molecule has 1 saturated heterocycles. The lowest BCUT2D eigenvalue weighted by Crippen LogP contribution is -2.27. The second-order valence-corrected chi connectivity index (χ2v) is 10.4. The van der Waals surface area contributed by atoms with Crippen LogP contribution in [0.5, 0.6) is 11.5 Å². The molecule has 1 heterocycles. The van der Waals surface area contributed by atoms with E-state index in [1.807, 2.05) is 91.9 Å². The van der Waals surface area contributed by atoms with Gasteiger partial charge in [-0.05, 0) is 76.5 Å². The van der Waals surface area contributed by atoms with E-state index in [9.17, 15) is 9.59 Å². The first-order valence-corrected chi connectivity index (χ1v) is 13.5. The molecule has 0 aromatic heterocycles. The van der Waals surface area contributed by atoms with Gasteiger partial charge in [0.1, 0.15) is 6.61 Å². The van der Waals surface area contributed by atoms with Gasteiger partial charge in [0.25, 0.3) is 11.1 Å². The SMILES string of the molecule is CCOc1cc(/C=C2\SC(=O)N(Cc3cccc4ccccc34)C2=O)ccc1OCc1ccc(Br)cc1. The molecule has 2 amide bonds. The van der Waals surface area contributed by atoms with Gasteiger partial charge >= 0.3 is 0 Å². The summed E-state index contributed by atoms with van der Waals surface area (Å²) in [4.78, 5) is 27.6. The lowest BCUT2D eigenvalue weighted by Gasteiger charge is -2.14. The molecule has 1 aliphatic heterocycles. The van der Waals surface area contributed by atoms with E-state index in [1.165, 1.54) is 4.90 Å². The molecule has 5 nitrogen and oxygen atoms in total. The fraction of sp³-hybridized carbons (Fsp3) is 0.133. The number of hydrogen-bond donors (Lipinski definition) is 0. The van der Waals surface area contributed by atoms with Crippen molar-refractivity contribution in [1.29, 1.82) is 0 Å². The standard InChI is InChI=1S/C30H24BrNO4S/c1-2-35-27-16-21(12-15-26(27)36-19-20-10-13-24(31)14-11-20)17-28-29(33)32(30(34)37-28)18-23-8-5-7-22-6-3-4-9-25(22)23/h3-17H,2,18-19H2,1H3/b28-17-. The van der Waals surface area contributed by atoms with Gasteiger partial charge in [0, 0.05) is 4.47 Å². The predicted octanol–water partition coefficient (Wildman–Crippen LogP) is 7.82. The van der Waals surface area contributed by atoms with Crippen LogP contribution in [0.15, 0.2) is 94.3 Å². The molecular weight excluding hydrogens is 550 g/mol. The minimum absolute atomic E-state index is 0.233. The maximum atomic E-state index is 13.2. The lowest BCUT2D eigenvalue weighted by molar-refractivity contribution is -0.123. The molecule has 1 fully saturated rings. The number of carbonyl (C=O) groups is 2. The number of carbonyl (C=O) groups excluding carboxylic acids is 2. The predicted molar refractivity (Wildman–Crippen MR) is 152 cm³/mol. The van der Waals surface area contributed by atoms with Gasteiger partial charge in [0.2, 0.25) is 0 Å². The minimum Gasteiger partial charge on any atom is -0.490 e. The fourth-order valence-corrected chi connectivity index (χ4v) is 5.23. The van der Waals surface area contributed by atoms with Crippen molar-refractivity contribution in [1.82, 2.24) is 4.90 Å². The van der Waals surface area contributed by atoms with Crippen LogP contribution in [0.4, 0.5) is 4.79 Å². The highest BCUT2D eigenvalue weighted by Gasteiger charge is 2.35. The van der Waals surface area contributed by atoms with E-state index in [2.05, 4.69) is 15.9 Å². The third kappa shape index (κ3) is 5.73. The summed E-state index contributed by atoms with van der Waals surface area (Å²) < 4.78 is 12.8. The molecule has 0 N–H and O–H groups in total. The molecule has 186 valence electrons. The molecule has 0 aliphatic carbocycles. The molecule has 0 radical (unpaired) electrons. The Kier molecular flexibility index (Phi) is 7.63. The number of rotatable bonds is 8. The number of benzene rings is 4. The molecule has 4 aromatic rings. The maximum absolute atomic E-state index is 13.2. The Labute approximate surface area is 228 Å². The van der Waals surface area contributed by atoms with Crippen molar-refractivity contribution in [2.45, 2.75) is 20.1 Å². The van der Waals surface area contributed by atoms with Gasteiger partial charge in [-0.25, -0.2) is 0 Å². The van der Waals surface area contributed by atoms with E-state index in [-0.39, 0.29) is 17.7 Å². The summed E-state index contributed by atoms with van der Waals surface area (Å²) in [6.07, 6.45) is 1.73. The Hall–Kier alpha value is -3.55. The van der Waals surface area contributed by atoms with E-state index in [0.717, 1.165) is 43.7 Å². The third-order valence-corrected chi connectivity index (χ3v) is 7.39. The zero-order valence-electron chi connectivity index (χ0n) is 20.1. The number of imide groups is 1. The van der Waals surface area contributed by atoms with Crippen LogP contribution >= 0.6 is 27.7 Å². The number of hydrogen-bond acceptors (Lipinski definition) is 5. The normalized spacial score (nSPS) is 14.5. The fourth-order valence-electron chi connectivity index (χ4n) is 4.13. The smallest absolute Gasteiger partial charge is 0.293 e. The lowest BCUT2D eigenvalue weighted by atomic mass is 10.0. The molecule has 4 aromatic carbocycles. The molecule has 0 saturated carbocycles. The summed E-state index contributed by atoms with van der Waals surface area (Å²) in [6.45, 7) is 3.01. The van der Waals surface area contributed by atoms with E-state index in [1.54, 1.807) is 6.08 Å². The van der Waals surface area contributed by atoms with Gasteiger partial charge in [-0.2, -0.15) is 0 Å². The summed E-state index contributed by atoms with van der Waals surface area (Å²) in [6, 6.07) is 27.3. The number of ether oxygens (including phenoxy) is 2. The zero-order chi connectivity index (χ0) is 25.8. The van der Waals surface area contributed by atoms with E-state index in [4.69, 9.17) is 9.47 Å². The van der Waals surface area contributed by atoms with Crippen molar-refractivity contribution in [3.8, 4) is 11.5 Å². The average Bonchev–Trinajstić information content (AvgIpc) is 3.17. The molecule has 37 heavy (non-hydrogen) atoms. The van der Waals surface area contributed by atoms with Crippen LogP contribution in [0.1, 0.15) is 23.6 Å². The van der Waals surface area contributed by atoms with Crippen LogP contribution in [-0.2, 0) is 17.9 Å². The Morgan fingerprint density at radius 1 is 0.892 bits per heavy atom. The van der Waals surface area contributed by atoms with Crippen LogP contribution in [0.3, 0.4) is 0 Å². The van der Waals surface area contributed by atoms with Gasteiger partial charge in [-0.15, -0.1) is 0 Å². The monoisotopic (exact) mass is 573 g/mol. The topological polar surface area (TPSA) is 55.8 Å². The number of thioether (sulfide) groups is 1. The highest BCUT2D eigenvalue weighted by Crippen LogP contribution is 2.36. The summed E-state index contributed by atoms with van der Waals surface area (Å²) in [5.74, 6) is 0.908. The summed E-state index contributed by atoms with van der Waals surface area (Å²) in [5.41, 5.74) is 2.73. The zero-order valence-corrected chi connectivity index (χ0v) is 22.6. The van der Waals surface area contributed by atoms with Crippen molar-refractivity contribution < 1.29 is 19.1 Å². The van der Waals surface area contributed by atoms with Crippen LogP contribution < -0.4 is 9.47 Å². The van der Waals surface area contributed by atoms with Crippen LogP contribution in [0.25, 0.3) is 16.8 Å². The van der Waals surface area contributed by atoms with Gasteiger partial charge in [0.05, 0.1) is 18.1 Å². The van der Waals surface area contributed by atoms with Crippen molar-refractivity contribution in [2.75, 3.05) is 6.61 Å². The van der Waals surface area contributed by atoms with Crippen molar-refractivity contribution in [2.24, 2.45) is 0 Å². The highest BCUT2D eigenvalue weighted by atomic mass is 79.9. The van der Waals surface area contributed by atoms with Crippen LogP contribution in [-0.4, -0.2) is 22.7 Å². The highest BCUT2D eigenvalue weighted by molar-refractivity contribution is 9.10. The first-order valence-electron chi connectivity index (χ1n) is 11.9. The molecular formula is C30H24BrNO4S. The largest absolute Gasteiger partial charge is 0.490 e. The van der Waals surface area contributed by atoms with Crippen molar-refractivity contribution in [3.05, 3.63) is 111 Å². The Balaban J connectivity index is 1.34. The number of halogens is 1. The van der Waals surface area contributed by atoms with Crippen molar-refractivity contribution in [3.63, 3.8) is 0 Å². The van der Waals surface area contributed by atoms with Crippen LogP contribution in [0, 0.1) is 0 Å². The molecule has 0 spiro atoms. The molecule has 1 aliphatic rings. The second kappa shape index (κ2) is 11.2. The maximum Gasteiger partial charge on any atom is 0.293 e. The van der Waals surface area contributed by atoms with Crippen molar-refractivity contribution >= 4 is 55.7 Å². The second-order valence-electron chi connectivity index (χ2n) is 8.46. The Bertz CT molecular complexity index is 1490.